The van der Waals surface area contributed by atoms with Crippen LogP contribution in [0.15, 0.2) is 48.5 Å². The summed E-state index contributed by atoms with van der Waals surface area (Å²) in [6.45, 7) is 2.65. The summed E-state index contributed by atoms with van der Waals surface area (Å²) in [7, 11) is 1.93. The SMILES string of the molecule is CN1CN(c2ccccc2)C2(CCN(C3CCc4cc(Cl)ccc4C3)CC2)C1=O. The first-order chi connectivity index (χ1) is 14.1. The number of likely N-dealkylation sites (N-methyl/N-ethyl adjacent to an activating group) is 1. The lowest BCUT2D eigenvalue weighted by molar-refractivity contribution is -0.132. The number of carbonyl (C=O) groups is 1. The largest absolute Gasteiger partial charge is 0.339 e. The van der Waals surface area contributed by atoms with Crippen molar-refractivity contribution in [3.8, 4) is 0 Å². The second kappa shape index (κ2) is 7.33. The summed E-state index contributed by atoms with van der Waals surface area (Å²) < 4.78 is 0. The molecule has 0 saturated carbocycles. The monoisotopic (exact) mass is 409 g/mol. The average molecular weight is 410 g/mol. The average Bonchev–Trinajstić information content (AvgIpc) is 3.00. The molecule has 2 fully saturated rings. The smallest absolute Gasteiger partial charge is 0.249 e. The summed E-state index contributed by atoms with van der Waals surface area (Å²) >= 11 is 6.17. The number of halogens is 1. The Morgan fingerprint density at radius 3 is 2.55 bits per heavy atom. The third-order valence-electron chi connectivity index (χ3n) is 7.20. The molecule has 29 heavy (non-hydrogen) atoms. The molecular formula is C24H28ClN3O. The Hall–Kier alpha value is -2.04. The molecule has 2 saturated heterocycles. The van der Waals surface area contributed by atoms with Crippen molar-refractivity contribution in [3.05, 3.63) is 64.7 Å². The van der Waals surface area contributed by atoms with Crippen molar-refractivity contribution in [2.24, 2.45) is 0 Å². The number of amides is 1. The highest BCUT2D eigenvalue weighted by atomic mass is 35.5. The van der Waals surface area contributed by atoms with E-state index in [4.69, 9.17) is 11.6 Å². The van der Waals surface area contributed by atoms with E-state index in [0.717, 1.165) is 49.5 Å². The normalized spacial score (nSPS) is 24.2. The van der Waals surface area contributed by atoms with E-state index >= 15 is 0 Å². The van der Waals surface area contributed by atoms with Crippen LogP contribution in [-0.4, -0.2) is 54.1 Å². The molecule has 5 rings (SSSR count). The van der Waals surface area contributed by atoms with Gasteiger partial charge in [-0.25, -0.2) is 0 Å². The molecule has 0 bridgehead atoms. The second-order valence-electron chi connectivity index (χ2n) is 8.79. The maximum atomic E-state index is 13.2. The number of hydrogen-bond acceptors (Lipinski definition) is 3. The number of aryl methyl sites for hydroxylation is 1. The molecule has 1 spiro atoms. The van der Waals surface area contributed by atoms with Crippen LogP contribution in [0.4, 0.5) is 5.69 Å². The molecule has 152 valence electrons. The van der Waals surface area contributed by atoms with Gasteiger partial charge in [-0.15, -0.1) is 0 Å². The Morgan fingerprint density at radius 1 is 1.03 bits per heavy atom. The molecule has 2 aromatic carbocycles. The predicted molar refractivity (Wildman–Crippen MR) is 117 cm³/mol. The molecule has 2 heterocycles. The van der Waals surface area contributed by atoms with Crippen molar-refractivity contribution in [1.29, 1.82) is 0 Å². The van der Waals surface area contributed by atoms with Gasteiger partial charge in [0.25, 0.3) is 0 Å². The number of benzene rings is 2. The number of hydrogen-bond donors (Lipinski definition) is 0. The van der Waals surface area contributed by atoms with Gasteiger partial charge in [-0.2, -0.15) is 0 Å². The molecule has 0 radical (unpaired) electrons. The third-order valence-corrected chi connectivity index (χ3v) is 7.43. The van der Waals surface area contributed by atoms with E-state index in [1.165, 1.54) is 17.5 Å². The van der Waals surface area contributed by atoms with E-state index < -0.39 is 0 Å². The molecule has 4 nitrogen and oxygen atoms in total. The van der Waals surface area contributed by atoms with Crippen molar-refractivity contribution in [3.63, 3.8) is 0 Å². The van der Waals surface area contributed by atoms with Crippen LogP contribution in [0.25, 0.3) is 0 Å². The number of piperidine rings is 1. The molecule has 3 aliphatic rings. The van der Waals surface area contributed by atoms with Gasteiger partial charge in [0.05, 0.1) is 6.67 Å². The van der Waals surface area contributed by atoms with Crippen LogP contribution in [0.5, 0.6) is 0 Å². The minimum atomic E-state index is -0.382. The van der Waals surface area contributed by atoms with E-state index in [9.17, 15) is 4.79 Å². The van der Waals surface area contributed by atoms with Crippen molar-refractivity contribution in [1.82, 2.24) is 9.80 Å². The van der Waals surface area contributed by atoms with Crippen molar-refractivity contribution in [2.45, 2.75) is 43.7 Å². The van der Waals surface area contributed by atoms with Gasteiger partial charge in [0.15, 0.2) is 0 Å². The number of rotatable bonds is 2. The number of nitrogens with zero attached hydrogens (tertiary/aromatic N) is 3. The highest BCUT2D eigenvalue weighted by molar-refractivity contribution is 6.30. The number of anilines is 1. The minimum absolute atomic E-state index is 0.282. The van der Waals surface area contributed by atoms with E-state index in [0.29, 0.717) is 12.7 Å². The Labute approximate surface area is 178 Å². The molecule has 1 aliphatic carbocycles. The van der Waals surface area contributed by atoms with Crippen LogP contribution in [-0.2, 0) is 17.6 Å². The van der Waals surface area contributed by atoms with Crippen LogP contribution in [0.3, 0.4) is 0 Å². The molecular weight excluding hydrogens is 382 g/mol. The third kappa shape index (κ3) is 3.23. The Balaban J connectivity index is 1.32. The molecule has 0 N–H and O–H groups in total. The summed E-state index contributed by atoms with van der Waals surface area (Å²) in [4.78, 5) is 20.1. The topological polar surface area (TPSA) is 26.8 Å². The first-order valence-corrected chi connectivity index (χ1v) is 11.0. The number of likely N-dealkylation sites (tertiary alicyclic amines) is 1. The van der Waals surface area contributed by atoms with Gasteiger partial charge in [-0.1, -0.05) is 35.9 Å². The highest BCUT2D eigenvalue weighted by Crippen LogP contribution is 2.40. The van der Waals surface area contributed by atoms with Crippen LogP contribution in [0.1, 0.15) is 30.4 Å². The molecule has 0 aromatic heterocycles. The zero-order valence-electron chi connectivity index (χ0n) is 17.0. The van der Waals surface area contributed by atoms with Gasteiger partial charge in [0.1, 0.15) is 5.54 Å². The second-order valence-corrected chi connectivity index (χ2v) is 9.22. The lowest BCUT2D eigenvalue weighted by atomic mass is 9.82. The fourth-order valence-corrected chi connectivity index (χ4v) is 5.77. The van der Waals surface area contributed by atoms with E-state index in [1.807, 2.05) is 24.1 Å². The zero-order chi connectivity index (χ0) is 20.0. The van der Waals surface area contributed by atoms with E-state index in [1.54, 1.807) is 0 Å². The predicted octanol–water partition coefficient (Wildman–Crippen LogP) is 3.97. The van der Waals surface area contributed by atoms with E-state index in [-0.39, 0.29) is 11.4 Å². The maximum Gasteiger partial charge on any atom is 0.249 e. The van der Waals surface area contributed by atoms with Crippen LogP contribution < -0.4 is 4.90 Å². The minimum Gasteiger partial charge on any atom is -0.339 e. The van der Waals surface area contributed by atoms with Crippen molar-refractivity contribution < 1.29 is 4.79 Å². The van der Waals surface area contributed by atoms with E-state index in [2.05, 4.69) is 46.2 Å². The summed E-state index contributed by atoms with van der Waals surface area (Å²) in [5.74, 6) is 0.282. The van der Waals surface area contributed by atoms with Gasteiger partial charge in [0, 0.05) is 36.9 Å². The van der Waals surface area contributed by atoms with Gasteiger partial charge in [0.2, 0.25) is 5.91 Å². The number of fused-ring (bicyclic) bond motifs is 1. The zero-order valence-corrected chi connectivity index (χ0v) is 17.7. The molecule has 1 unspecified atom stereocenters. The molecule has 2 aromatic rings. The molecule has 1 atom stereocenters. The van der Waals surface area contributed by atoms with Crippen molar-refractivity contribution >= 4 is 23.2 Å². The van der Waals surface area contributed by atoms with Crippen LogP contribution >= 0.6 is 11.6 Å². The van der Waals surface area contributed by atoms with Crippen LogP contribution in [0.2, 0.25) is 5.02 Å². The highest BCUT2D eigenvalue weighted by Gasteiger charge is 2.53. The standard InChI is InChI=1S/C24H28ClN3O/c1-26-17-28(21-5-3-2-4-6-21)24(23(26)29)11-13-27(14-12-24)22-10-8-18-15-20(25)9-7-19(18)16-22/h2-7,9,15,22H,8,10-14,16-17H2,1H3. The lowest BCUT2D eigenvalue weighted by Gasteiger charge is -2.46. The summed E-state index contributed by atoms with van der Waals surface area (Å²) in [5.41, 5.74) is 3.62. The van der Waals surface area contributed by atoms with Crippen molar-refractivity contribution in [2.75, 3.05) is 31.7 Å². The quantitative estimate of drug-likeness (QED) is 0.750. The van der Waals surface area contributed by atoms with Gasteiger partial charge >= 0.3 is 0 Å². The molecule has 1 amide bonds. The maximum absolute atomic E-state index is 13.2. The number of para-hydroxylation sites is 1. The lowest BCUT2D eigenvalue weighted by Crippen LogP contribution is -2.58. The fraction of sp³-hybridized carbons (Fsp3) is 0.458. The summed E-state index contributed by atoms with van der Waals surface area (Å²) in [5, 5.41) is 0.840. The molecule has 2 aliphatic heterocycles. The first kappa shape index (κ1) is 19.0. The fourth-order valence-electron chi connectivity index (χ4n) is 5.58. The number of carbonyl (C=O) groups excluding carboxylic acids is 1. The Bertz CT molecular complexity index is 908. The van der Waals surface area contributed by atoms with Gasteiger partial charge < -0.3 is 9.80 Å². The summed E-state index contributed by atoms with van der Waals surface area (Å²) in [6, 6.07) is 17.3. The molecule has 5 heteroatoms. The Morgan fingerprint density at radius 2 is 1.79 bits per heavy atom. The summed E-state index contributed by atoms with van der Waals surface area (Å²) in [6.07, 6.45) is 5.16. The van der Waals surface area contributed by atoms with Gasteiger partial charge in [-0.3, -0.25) is 9.69 Å². The Kier molecular flexibility index (Phi) is 4.79. The first-order valence-electron chi connectivity index (χ1n) is 10.7. The van der Waals surface area contributed by atoms with Gasteiger partial charge in [-0.05, 0) is 67.5 Å². The van der Waals surface area contributed by atoms with Crippen LogP contribution in [0, 0.1) is 0 Å².